The zero-order valence-electron chi connectivity index (χ0n) is 16.5. The summed E-state index contributed by atoms with van der Waals surface area (Å²) < 4.78 is 10.9. The molecule has 2 heterocycles. The topological polar surface area (TPSA) is 63.7 Å². The summed E-state index contributed by atoms with van der Waals surface area (Å²) in [6.45, 7) is 0.764. The van der Waals surface area contributed by atoms with Gasteiger partial charge in [0.05, 0.1) is 25.0 Å². The molecule has 0 saturated carbocycles. The second-order valence-electron chi connectivity index (χ2n) is 7.06. The Kier molecular flexibility index (Phi) is 5.44. The van der Waals surface area contributed by atoms with Crippen LogP contribution in [0, 0.1) is 0 Å². The first-order valence-corrected chi connectivity index (χ1v) is 9.48. The predicted molar refractivity (Wildman–Crippen MR) is 111 cm³/mol. The van der Waals surface area contributed by atoms with E-state index >= 15 is 0 Å². The summed E-state index contributed by atoms with van der Waals surface area (Å²) in [5, 5.41) is 2.96. The number of benzene rings is 2. The van der Waals surface area contributed by atoms with Crippen LogP contribution in [-0.4, -0.2) is 36.0 Å². The van der Waals surface area contributed by atoms with Crippen molar-refractivity contribution >= 4 is 11.6 Å². The SMILES string of the molecule is COc1cccc(Oc2ccc(NC(=O)C3Cc4ccccc4CN3C)cn2)c1. The minimum atomic E-state index is -0.211. The number of rotatable bonds is 5. The van der Waals surface area contributed by atoms with Crippen LogP contribution in [0.1, 0.15) is 11.1 Å². The summed E-state index contributed by atoms with van der Waals surface area (Å²) in [5.41, 5.74) is 3.14. The van der Waals surface area contributed by atoms with Gasteiger partial charge in [-0.25, -0.2) is 4.98 Å². The number of amides is 1. The molecule has 1 N–H and O–H groups in total. The van der Waals surface area contributed by atoms with Crippen LogP contribution in [0.3, 0.4) is 0 Å². The van der Waals surface area contributed by atoms with Gasteiger partial charge in [0, 0.05) is 18.7 Å². The van der Waals surface area contributed by atoms with Gasteiger partial charge in [0.15, 0.2) is 0 Å². The molecule has 0 saturated heterocycles. The van der Waals surface area contributed by atoms with Crippen molar-refractivity contribution in [3.05, 3.63) is 78.0 Å². The zero-order chi connectivity index (χ0) is 20.2. The molecule has 0 spiro atoms. The lowest BCUT2D eigenvalue weighted by molar-refractivity contribution is -0.121. The molecule has 3 aromatic rings. The molecule has 1 aromatic heterocycles. The molecule has 6 heteroatoms. The fraction of sp³-hybridized carbons (Fsp3) is 0.217. The Balaban J connectivity index is 1.40. The first-order valence-electron chi connectivity index (χ1n) is 9.48. The summed E-state index contributed by atoms with van der Waals surface area (Å²) in [7, 11) is 3.58. The maximum atomic E-state index is 12.8. The summed E-state index contributed by atoms with van der Waals surface area (Å²) >= 11 is 0. The summed E-state index contributed by atoms with van der Waals surface area (Å²) in [6.07, 6.45) is 2.30. The molecular weight excluding hydrogens is 366 g/mol. The lowest BCUT2D eigenvalue weighted by Gasteiger charge is -2.33. The Labute approximate surface area is 170 Å². The molecule has 1 atom stereocenters. The van der Waals surface area contributed by atoms with Crippen molar-refractivity contribution in [1.82, 2.24) is 9.88 Å². The van der Waals surface area contributed by atoms with Gasteiger partial charge >= 0.3 is 0 Å². The highest BCUT2D eigenvalue weighted by Crippen LogP contribution is 2.25. The molecule has 29 heavy (non-hydrogen) atoms. The van der Waals surface area contributed by atoms with Crippen LogP contribution in [0.15, 0.2) is 66.9 Å². The standard InChI is InChI=1S/C23H23N3O3/c1-26-15-17-7-4-3-6-16(17)12-21(26)23(27)25-18-10-11-22(24-14-18)29-20-9-5-8-19(13-20)28-2/h3-11,13-14,21H,12,15H2,1-2H3,(H,25,27). The summed E-state index contributed by atoms with van der Waals surface area (Å²) in [5.74, 6) is 1.76. The van der Waals surface area contributed by atoms with Gasteiger partial charge in [-0.2, -0.15) is 0 Å². The summed E-state index contributed by atoms with van der Waals surface area (Å²) in [4.78, 5) is 19.2. The second kappa shape index (κ2) is 8.32. The number of hydrogen-bond acceptors (Lipinski definition) is 5. The molecule has 0 bridgehead atoms. The van der Waals surface area contributed by atoms with Gasteiger partial charge in [0.25, 0.3) is 0 Å². The number of aromatic nitrogens is 1. The fourth-order valence-corrected chi connectivity index (χ4v) is 3.47. The largest absolute Gasteiger partial charge is 0.497 e. The molecule has 148 valence electrons. The van der Waals surface area contributed by atoms with Crippen molar-refractivity contribution in [1.29, 1.82) is 0 Å². The van der Waals surface area contributed by atoms with E-state index in [1.165, 1.54) is 11.1 Å². The quantitative estimate of drug-likeness (QED) is 0.718. The number of carbonyl (C=O) groups excluding carboxylic acids is 1. The Morgan fingerprint density at radius 3 is 2.62 bits per heavy atom. The Bertz CT molecular complexity index is 1000. The molecule has 4 rings (SSSR count). The normalized spacial score (nSPS) is 16.0. The number of carbonyl (C=O) groups is 1. The third-order valence-electron chi connectivity index (χ3n) is 5.05. The molecule has 1 aliphatic rings. The fourth-order valence-electron chi connectivity index (χ4n) is 3.47. The van der Waals surface area contributed by atoms with E-state index in [-0.39, 0.29) is 11.9 Å². The maximum absolute atomic E-state index is 12.8. The lowest BCUT2D eigenvalue weighted by Crippen LogP contribution is -2.45. The summed E-state index contributed by atoms with van der Waals surface area (Å²) in [6, 6.07) is 18.9. The molecular formula is C23H23N3O3. The van der Waals surface area contributed by atoms with Crippen molar-refractivity contribution in [3.8, 4) is 17.4 Å². The number of fused-ring (bicyclic) bond motifs is 1. The van der Waals surface area contributed by atoms with Gasteiger partial charge in [0.2, 0.25) is 11.8 Å². The first kappa shape index (κ1) is 19.0. The third kappa shape index (κ3) is 4.38. The van der Waals surface area contributed by atoms with Crippen LogP contribution >= 0.6 is 0 Å². The Morgan fingerprint density at radius 2 is 1.86 bits per heavy atom. The highest BCUT2D eigenvalue weighted by atomic mass is 16.5. The highest BCUT2D eigenvalue weighted by molar-refractivity contribution is 5.95. The van der Waals surface area contributed by atoms with Crippen LogP contribution in [0.25, 0.3) is 0 Å². The van der Waals surface area contributed by atoms with E-state index in [2.05, 4.69) is 27.3 Å². The van der Waals surface area contributed by atoms with Gasteiger partial charge in [0.1, 0.15) is 11.5 Å². The number of pyridine rings is 1. The van der Waals surface area contributed by atoms with Gasteiger partial charge in [-0.05, 0) is 42.8 Å². The van der Waals surface area contributed by atoms with Gasteiger partial charge in [-0.3, -0.25) is 9.69 Å². The highest BCUT2D eigenvalue weighted by Gasteiger charge is 2.28. The molecule has 0 radical (unpaired) electrons. The monoisotopic (exact) mass is 389 g/mol. The van der Waals surface area contributed by atoms with E-state index in [0.29, 0.717) is 29.5 Å². The van der Waals surface area contributed by atoms with E-state index in [4.69, 9.17) is 9.47 Å². The van der Waals surface area contributed by atoms with Crippen LogP contribution in [0.2, 0.25) is 0 Å². The minimum Gasteiger partial charge on any atom is -0.497 e. The maximum Gasteiger partial charge on any atom is 0.242 e. The molecule has 2 aromatic carbocycles. The number of hydrogen-bond donors (Lipinski definition) is 1. The van der Waals surface area contributed by atoms with E-state index in [1.54, 1.807) is 31.5 Å². The second-order valence-corrected chi connectivity index (χ2v) is 7.06. The van der Waals surface area contributed by atoms with E-state index in [1.807, 2.05) is 37.4 Å². The van der Waals surface area contributed by atoms with E-state index < -0.39 is 0 Å². The van der Waals surface area contributed by atoms with Gasteiger partial charge in [-0.15, -0.1) is 0 Å². The van der Waals surface area contributed by atoms with Crippen molar-refractivity contribution in [2.45, 2.75) is 19.0 Å². The zero-order valence-corrected chi connectivity index (χ0v) is 16.5. The van der Waals surface area contributed by atoms with Gasteiger partial charge in [-0.1, -0.05) is 30.3 Å². The predicted octanol–water partition coefficient (Wildman–Crippen LogP) is 3.88. The lowest BCUT2D eigenvalue weighted by atomic mass is 9.94. The molecule has 0 fully saturated rings. The minimum absolute atomic E-state index is 0.0368. The van der Waals surface area contributed by atoms with Crippen LogP contribution in [0.4, 0.5) is 5.69 Å². The average molecular weight is 389 g/mol. The number of methoxy groups -OCH3 is 1. The molecule has 0 aliphatic carbocycles. The number of ether oxygens (including phenoxy) is 2. The van der Waals surface area contributed by atoms with Crippen LogP contribution in [0.5, 0.6) is 17.4 Å². The van der Waals surface area contributed by atoms with Crippen molar-refractivity contribution in [3.63, 3.8) is 0 Å². The molecule has 1 amide bonds. The number of nitrogens with zero attached hydrogens (tertiary/aromatic N) is 2. The number of anilines is 1. The first-order chi connectivity index (χ1) is 14.1. The van der Waals surface area contributed by atoms with Gasteiger partial charge < -0.3 is 14.8 Å². The average Bonchev–Trinajstić information content (AvgIpc) is 2.74. The van der Waals surface area contributed by atoms with Crippen LogP contribution in [-0.2, 0) is 17.8 Å². The van der Waals surface area contributed by atoms with Crippen molar-refractivity contribution in [2.24, 2.45) is 0 Å². The number of likely N-dealkylation sites (N-methyl/N-ethyl adjacent to an activating group) is 1. The van der Waals surface area contributed by atoms with Crippen molar-refractivity contribution < 1.29 is 14.3 Å². The third-order valence-corrected chi connectivity index (χ3v) is 5.05. The molecule has 1 aliphatic heterocycles. The Hall–Kier alpha value is -3.38. The number of nitrogens with one attached hydrogen (secondary N) is 1. The van der Waals surface area contributed by atoms with E-state index in [9.17, 15) is 4.79 Å². The van der Waals surface area contributed by atoms with Crippen molar-refractivity contribution in [2.75, 3.05) is 19.5 Å². The Morgan fingerprint density at radius 1 is 1.07 bits per heavy atom. The molecule has 1 unspecified atom stereocenters. The van der Waals surface area contributed by atoms with E-state index in [0.717, 1.165) is 6.54 Å². The molecule has 6 nitrogen and oxygen atoms in total. The smallest absolute Gasteiger partial charge is 0.242 e. The van der Waals surface area contributed by atoms with Crippen LogP contribution < -0.4 is 14.8 Å².